The SMILES string of the molecule is CCOCCn1c(CN[C@@H](C)C(=O)N2CCN=C(C=N)C2)nc2ccc(Oc3ccc(F)cc3)cc21. The van der Waals surface area contributed by atoms with Gasteiger partial charge >= 0.3 is 0 Å². The van der Waals surface area contributed by atoms with E-state index in [9.17, 15) is 9.18 Å². The molecule has 10 heteroatoms. The second kappa shape index (κ2) is 11.9. The van der Waals surface area contributed by atoms with E-state index in [1.54, 1.807) is 17.0 Å². The number of ether oxygens (including phenoxy) is 2. The zero-order valence-electron chi connectivity index (χ0n) is 20.5. The first-order chi connectivity index (χ1) is 17.5. The second-order valence-corrected chi connectivity index (χ2v) is 8.46. The van der Waals surface area contributed by atoms with Crippen molar-refractivity contribution in [2.75, 3.05) is 32.8 Å². The number of nitrogens with one attached hydrogen (secondary N) is 2. The lowest BCUT2D eigenvalue weighted by Gasteiger charge is -2.28. The van der Waals surface area contributed by atoms with E-state index in [4.69, 9.17) is 19.9 Å². The molecule has 1 aliphatic heterocycles. The minimum absolute atomic E-state index is 0.0313. The molecule has 0 radical (unpaired) electrons. The zero-order valence-corrected chi connectivity index (χ0v) is 20.5. The van der Waals surface area contributed by atoms with Gasteiger partial charge in [0.15, 0.2) is 0 Å². The average Bonchev–Trinajstić information content (AvgIpc) is 3.25. The maximum Gasteiger partial charge on any atom is 0.239 e. The number of halogens is 1. The third kappa shape index (κ3) is 6.13. The molecule has 0 saturated heterocycles. The number of hydrogen-bond donors (Lipinski definition) is 2. The van der Waals surface area contributed by atoms with Gasteiger partial charge in [-0.1, -0.05) is 0 Å². The van der Waals surface area contributed by atoms with Crippen LogP contribution in [0, 0.1) is 11.2 Å². The van der Waals surface area contributed by atoms with Crippen LogP contribution in [0.2, 0.25) is 0 Å². The summed E-state index contributed by atoms with van der Waals surface area (Å²) in [7, 11) is 0. The van der Waals surface area contributed by atoms with E-state index < -0.39 is 6.04 Å². The third-order valence-corrected chi connectivity index (χ3v) is 5.96. The van der Waals surface area contributed by atoms with Crippen molar-refractivity contribution in [2.24, 2.45) is 4.99 Å². The van der Waals surface area contributed by atoms with Gasteiger partial charge in [-0.3, -0.25) is 15.1 Å². The molecule has 0 spiro atoms. The molecule has 2 heterocycles. The lowest BCUT2D eigenvalue weighted by atomic mass is 10.2. The maximum absolute atomic E-state index is 13.2. The number of rotatable bonds is 11. The summed E-state index contributed by atoms with van der Waals surface area (Å²) in [4.78, 5) is 23.7. The van der Waals surface area contributed by atoms with Crippen LogP contribution in [-0.4, -0.2) is 71.2 Å². The molecule has 1 aromatic heterocycles. The van der Waals surface area contributed by atoms with Crippen LogP contribution in [0.15, 0.2) is 47.5 Å². The summed E-state index contributed by atoms with van der Waals surface area (Å²) in [5, 5.41) is 10.7. The van der Waals surface area contributed by atoms with Gasteiger partial charge in [0.1, 0.15) is 23.1 Å². The fourth-order valence-corrected chi connectivity index (χ4v) is 4.06. The molecule has 2 aromatic carbocycles. The molecule has 0 fully saturated rings. The number of carbonyl (C=O) groups excluding carboxylic acids is 1. The minimum atomic E-state index is -0.424. The van der Waals surface area contributed by atoms with Gasteiger partial charge in [-0.15, -0.1) is 0 Å². The molecule has 190 valence electrons. The number of aromatic nitrogens is 2. The van der Waals surface area contributed by atoms with Gasteiger partial charge < -0.3 is 24.4 Å². The van der Waals surface area contributed by atoms with E-state index in [1.165, 1.54) is 18.3 Å². The lowest BCUT2D eigenvalue weighted by Crippen LogP contribution is -2.49. The number of carbonyl (C=O) groups is 1. The van der Waals surface area contributed by atoms with Crippen LogP contribution < -0.4 is 10.1 Å². The molecular weight excluding hydrogens is 463 g/mol. The summed E-state index contributed by atoms with van der Waals surface area (Å²) in [6, 6.07) is 11.1. The molecule has 0 unspecified atom stereocenters. The number of amides is 1. The largest absolute Gasteiger partial charge is 0.457 e. The number of nitrogens with zero attached hydrogens (tertiary/aromatic N) is 4. The Morgan fingerprint density at radius 2 is 2.03 bits per heavy atom. The average molecular weight is 495 g/mol. The Morgan fingerprint density at radius 3 is 2.78 bits per heavy atom. The Morgan fingerprint density at radius 1 is 1.25 bits per heavy atom. The number of aliphatic imine (C=N–C) groups is 1. The van der Waals surface area contributed by atoms with E-state index in [0.717, 1.165) is 16.9 Å². The zero-order chi connectivity index (χ0) is 25.5. The Hall–Kier alpha value is -3.63. The van der Waals surface area contributed by atoms with Gasteiger partial charge in [0.25, 0.3) is 0 Å². The van der Waals surface area contributed by atoms with Crippen LogP contribution in [0.25, 0.3) is 11.0 Å². The highest BCUT2D eigenvalue weighted by atomic mass is 19.1. The first-order valence-electron chi connectivity index (χ1n) is 12.0. The van der Waals surface area contributed by atoms with Crippen LogP contribution in [0.5, 0.6) is 11.5 Å². The highest BCUT2D eigenvalue weighted by Gasteiger charge is 2.24. The fourth-order valence-electron chi connectivity index (χ4n) is 4.06. The number of fused-ring (bicyclic) bond motifs is 1. The molecule has 9 nitrogen and oxygen atoms in total. The van der Waals surface area contributed by atoms with E-state index in [1.807, 2.05) is 32.0 Å². The monoisotopic (exact) mass is 494 g/mol. The van der Waals surface area contributed by atoms with E-state index in [0.29, 0.717) is 63.1 Å². The molecule has 1 aliphatic rings. The molecule has 4 rings (SSSR count). The summed E-state index contributed by atoms with van der Waals surface area (Å²) in [6.07, 6.45) is 1.20. The van der Waals surface area contributed by atoms with Crippen molar-refractivity contribution in [3.05, 3.63) is 54.1 Å². The lowest BCUT2D eigenvalue weighted by molar-refractivity contribution is -0.132. The van der Waals surface area contributed by atoms with E-state index >= 15 is 0 Å². The number of imidazole rings is 1. The van der Waals surface area contributed by atoms with Crippen LogP contribution >= 0.6 is 0 Å². The van der Waals surface area contributed by atoms with Gasteiger partial charge in [0.2, 0.25) is 5.91 Å². The van der Waals surface area contributed by atoms with Crippen molar-refractivity contribution in [3.8, 4) is 11.5 Å². The predicted molar refractivity (Wildman–Crippen MR) is 137 cm³/mol. The maximum atomic E-state index is 13.2. The minimum Gasteiger partial charge on any atom is -0.457 e. The molecular formula is C26H31FN6O3. The first kappa shape index (κ1) is 25.5. The van der Waals surface area contributed by atoms with Crippen molar-refractivity contribution in [1.82, 2.24) is 19.8 Å². The number of hydrogen-bond acceptors (Lipinski definition) is 7. The smallest absolute Gasteiger partial charge is 0.239 e. The molecule has 2 N–H and O–H groups in total. The Labute approximate surface area is 209 Å². The Bertz CT molecular complexity index is 1240. The number of benzene rings is 2. The van der Waals surface area contributed by atoms with Crippen molar-refractivity contribution < 1.29 is 18.7 Å². The summed E-state index contributed by atoms with van der Waals surface area (Å²) in [5.74, 6) is 1.59. The molecule has 36 heavy (non-hydrogen) atoms. The molecule has 0 aliphatic carbocycles. The van der Waals surface area contributed by atoms with Crippen LogP contribution in [0.3, 0.4) is 0 Å². The van der Waals surface area contributed by atoms with Crippen molar-refractivity contribution in [2.45, 2.75) is 33.0 Å². The van der Waals surface area contributed by atoms with Crippen LogP contribution in [-0.2, 0) is 22.6 Å². The summed E-state index contributed by atoms with van der Waals surface area (Å²) >= 11 is 0. The summed E-state index contributed by atoms with van der Waals surface area (Å²) in [5.41, 5.74) is 2.29. The van der Waals surface area contributed by atoms with Crippen molar-refractivity contribution in [3.63, 3.8) is 0 Å². The molecule has 0 bridgehead atoms. The van der Waals surface area contributed by atoms with Gasteiger partial charge in [0.05, 0.1) is 49.0 Å². The molecule has 1 atom stereocenters. The first-order valence-corrected chi connectivity index (χ1v) is 12.0. The van der Waals surface area contributed by atoms with Gasteiger partial charge in [-0.05, 0) is 50.2 Å². The quantitative estimate of drug-likeness (QED) is 0.314. The topological polar surface area (TPSA) is 105 Å². The van der Waals surface area contributed by atoms with E-state index in [-0.39, 0.29) is 11.7 Å². The third-order valence-electron chi connectivity index (χ3n) is 5.96. The van der Waals surface area contributed by atoms with Crippen molar-refractivity contribution >= 4 is 28.9 Å². The predicted octanol–water partition coefficient (Wildman–Crippen LogP) is 3.42. The highest BCUT2D eigenvalue weighted by Crippen LogP contribution is 2.27. The standard InChI is InChI=1S/C26H31FN6O3/c1-3-35-13-12-33-24-14-22(36-21-6-4-19(27)5-7-21)8-9-23(24)31-25(33)16-30-18(2)26(34)32-11-10-29-20(15-28)17-32/h4-9,14-15,18,28,30H,3,10-13,16-17H2,1-2H3/t18-/m0/s1. The fraction of sp³-hybridized carbons (Fsp3) is 0.385. The van der Waals surface area contributed by atoms with Gasteiger partial charge in [-0.25, -0.2) is 9.37 Å². The van der Waals surface area contributed by atoms with Crippen molar-refractivity contribution in [1.29, 1.82) is 5.41 Å². The van der Waals surface area contributed by atoms with Crippen LogP contribution in [0.1, 0.15) is 19.7 Å². The van der Waals surface area contributed by atoms with Gasteiger partial charge in [-0.2, -0.15) is 0 Å². The molecule has 1 amide bonds. The Kier molecular flexibility index (Phi) is 8.40. The summed E-state index contributed by atoms with van der Waals surface area (Å²) in [6.45, 7) is 7.32. The van der Waals surface area contributed by atoms with E-state index in [2.05, 4.69) is 14.9 Å². The molecule has 0 saturated carbocycles. The second-order valence-electron chi connectivity index (χ2n) is 8.46. The van der Waals surface area contributed by atoms with Crippen LogP contribution in [0.4, 0.5) is 4.39 Å². The normalized spacial score (nSPS) is 14.5. The molecule has 3 aromatic rings. The highest BCUT2D eigenvalue weighted by molar-refractivity contribution is 6.31. The van der Waals surface area contributed by atoms with Gasteiger partial charge in [0, 0.05) is 32.0 Å². The Balaban J connectivity index is 1.50. The summed E-state index contributed by atoms with van der Waals surface area (Å²) < 4.78 is 26.8.